The summed E-state index contributed by atoms with van der Waals surface area (Å²) in [7, 11) is 0. The van der Waals surface area contributed by atoms with Crippen molar-refractivity contribution < 1.29 is 26.7 Å². The minimum atomic E-state index is -5.95. The fourth-order valence-electron chi connectivity index (χ4n) is 1.17. The lowest BCUT2D eigenvalue weighted by atomic mass is 10.0. The quantitative estimate of drug-likeness (QED) is 0.618. The van der Waals surface area contributed by atoms with Gasteiger partial charge in [0.1, 0.15) is 17.0 Å². The lowest BCUT2D eigenvalue weighted by Gasteiger charge is -2.19. The van der Waals surface area contributed by atoms with E-state index in [1.54, 1.807) is 0 Å². The first kappa shape index (κ1) is 14.1. The number of carbonyl (C=O) groups is 1. The van der Waals surface area contributed by atoms with Crippen LogP contribution in [0.1, 0.15) is 25.7 Å². The third kappa shape index (κ3) is 1.93. The van der Waals surface area contributed by atoms with Crippen molar-refractivity contribution in [2.45, 2.75) is 12.1 Å². The van der Waals surface area contributed by atoms with Gasteiger partial charge in [0.25, 0.3) is 0 Å². The van der Waals surface area contributed by atoms with Gasteiger partial charge in [0.05, 0.1) is 16.0 Å². The van der Waals surface area contributed by atoms with E-state index < -0.39 is 33.0 Å². The van der Waals surface area contributed by atoms with Gasteiger partial charge in [-0.05, 0) is 0 Å². The van der Waals surface area contributed by atoms with Gasteiger partial charge in [-0.1, -0.05) is 0 Å². The second-order valence-electron chi connectivity index (χ2n) is 2.96. The molecule has 0 saturated heterocycles. The van der Waals surface area contributed by atoms with Crippen LogP contribution >= 0.6 is 11.3 Å². The Bertz CT molecular complexity index is 575. The second-order valence-corrected chi connectivity index (χ2v) is 4.01. The Labute approximate surface area is 101 Å². The molecule has 1 heterocycles. The molecule has 0 aliphatic heterocycles. The van der Waals surface area contributed by atoms with Gasteiger partial charge in [0.2, 0.25) is 0 Å². The Kier molecular flexibility index (Phi) is 3.40. The summed E-state index contributed by atoms with van der Waals surface area (Å²) in [6.45, 7) is 0. The molecule has 0 radical (unpaired) electrons. The molecule has 3 nitrogen and oxygen atoms in total. The molecule has 0 bridgehead atoms. The monoisotopic (exact) mass is 280 g/mol. The zero-order valence-corrected chi connectivity index (χ0v) is 8.99. The summed E-state index contributed by atoms with van der Waals surface area (Å²) in [6.07, 6.45) is -6.19. The maximum absolute atomic E-state index is 13.2. The number of rotatable bonds is 2. The number of carbonyl (C=O) groups excluding carboxylic acids is 1. The van der Waals surface area contributed by atoms with Crippen LogP contribution in [0.2, 0.25) is 0 Å². The molecule has 0 fully saturated rings. The van der Waals surface area contributed by atoms with Crippen LogP contribution in [0.4, 0.5) is 22.0 Å². The highest BCUT2D eigenvalue weighted by molar-refractivity contribution is 7.14. The van der Waals surface area contributed by atoms with Crippen molar-refractivity contribution in [1.82, 2.24) is 0 Å². The van der Waals surface area contributed by atoms with Gasteiger partial charge in [0.15, 0.2) is 6.29 Å². The molecule has 0 N–H and O–H groups in total. The number of halogens is 5. The second kappa shape index (κ2) is 4.35. The van der Waals surface area contributed by atoms with Crippen LogP contribution in [0.3, 0.4) is 0 Å². The number of hydrogen-bond acceptors (Lipinski definition) is 4. The van der Waals surface area contributed by atoms with Crippen LogP contribution < -0.4 is 0 Å². The van der Waals surface area contributed by atoms with E-state index in [0.717, 1.165) is 6.07 Å². The van der Waals surface area contributed by atoms with Crippen molar-refractivity contribution in [3.05, 3.63) is 20.9 Å². The largest absolute Gasteiger partial charge is 0.458 e. The number of hydrogen-bond donors (Lipinski definition) is 0. The lowest BCUT2D eigenvalue weighted by Crippen LogP contribution is -2.34. The van der Waals surface area contributed by atoms with Gasteiger partial charge >= 0.3 is 12.1 Å². The number of nitrogens with zero attached hydrogens (tertiary/aromatic N) is 2. The first-order valence-corrected chi connectivity index (χ1v) is 4.89. The molecule has 0 aliphatic carbocycles. The predicted octanol–water partition coefficient (Wildman–Crippen LogP) is 2.96. The van der Waals surface area contributed by atoms with E-state index in [-0.39, 0.29) is 17.6 Å². The summed E-state index contributed by atoms with van der Waals surface area (Å²) in [5.74, 6) is -5.36. The molecule has 0 atom stereocenters. The summed E-state index contributed by atoms with van der Waals surface area (Å²) in [5.41, 5.74) is -2.87. The first-order chi connectivity index (χ1) is 8.20. The molecule has 1 rings (SSSR count). The minimum Gasteiger partial charge on any atom is -0.297 e. The Hall–Kier alpha value is -2.00. The van der Waals surface area contributed by atoms with Gasteiger partial charge in [-0.3, -0.25) is 4.79 Å². The van der Waals surface area contributed by atoms with Crippen LogP contribution in [0.15, 0.2) is 0 Å². The Morgan fingerprint density at radius 2 is 1.67 bits per heavy atom. The van der Waals surface area contributed by atoms with Crippen LogP contribution in [0.5, 0.6) is 0 Å². The van der Waals surface area contributed by atoms with Gasteiger partial charge in [0, 0.05) is 0 Å². The van der Waals surface area contributed by atoms with E-state index in [9.17, 15) is 26.7 Å². The maximum Gasteiger partial charge on any atom is 0.458 e. The van der Waals surface area contributed by atoms with E-state index in [0.29, 0.717) is 0 Å². The van der Waals surface area contributed by atoms with Gasteiger partial charge in [-0.15, -0.1) is 11.3 Å². The molecule has 18 heavy (non-hydrogen) atoms. The highest BCUT2D eigenvalue weighted by Crippen LogP contribution is 2.48. The fraction of sp³-hybridized carbons (Fsp3) is 0.222. The van der Waals surface area contributed by atoms with Crippen LogP contribution in [-0.2, 0) is 5.92 Å². The zero-order valence-electron chi connectivity index (χ0n) is 8.18. The molecule has 0 spiro atoms. The third-order valence-corrected chi connectivity index (χ3v) is 2.95. The lowest BCUT2D eigenvalue weighted by molar-refractivity contribution is -0.289. The number of nitriles is 2. The maximum atomic E-state index is 13.2. The van der Waals surface area contributed by atoms with E-state index in [1.165, 1.54) is 6.07 Å². The normalized spacial score (nSPS) is 11.7. The summed E-state index contributed by atoms with van der Waals surface area (Å²) >= 11 is 0.122. The Balaban J connectivity index is 3.70. The van der Waals surface area contributed by atoms with Crippen molar-refractivity contribution in [2.75, 3.05) is 0 Å². The SMILES string of the molecule is N#Cc1sc(C=O)c(C(F)(F)C(F)(F)F)c1C#N. The summed E-state index contributed by atoms with van der Waals surface area (Å²) < 4.78 is 63.0. The molecular weight excluding hydrogens is 279 g/mol. The third-order valence-electron chi connectivity index (χ3n) is 1.93. The van der Waals surface area contributed by atoms with Crippen LogP contribution in [0, 0.1) is 22.7 Å². The number of alkyl halides is 5. The van der Waals surface area contributed by atoms with E-state index in [2.05, 4.69) is 0 Å². The molecule has 0 amide bonds. The molecule has 94 valence electrons. The van der Waals surface area contributed by atoms with Crippen molar-refractivity contribution >= 4 is 17.6 Å². The highest BCUT2D eigenvalue weighted by Gasteiger charge is 2.61. The Morgan fingerprint density at radius 1 is 1.11 bits per heavy atom. The smallest absolute Gasteiger partial charge is 0.297 e. The van der Waals surface area contributed by atoms with Crippen LogP contribution in [0.25, 0.3) is 0 Å². The van der Waals surface area contributed by atoms with Crippen molar-refractivity contribution in [1.29, 1.82) is 10.5 Å². The standard InChI is InChI=1S/C9HF5N2OS/c10-8(11,9(12,13)14)7-4(1-15)5(2-16)18-6(7)3-17/h3H. The van der Waals surface area contributed by atoms with Crippen molar-refractivity contribution in [2.24, 2.45) is 0 Å². The molecule has 0 aliphatic rings. The van der Waals surface area contributed by atoms with Gasteiger partial charge < -0.3 is 0 Å². The van der Waals surface area contributed by atoms with Gasteiger partial charge in [-0.25, -0.2) is 0 Å². The fourth-order valence-corrected chi connectivity index (χ4v) is 2.07. The Morgan fingerprint density at radius 3 is 2.00 bits per heavy atom. The molecule has 0 saturated carbocycles. The molecular formula is C9HF5N2OS. The minimum absolute atomic E-state index is 0.122. The highest BCUT2D eigenvalue weighted by atomic mass is 32.1. The zero-order chi connectivity index (χ0) is 14.1. The van der Waals surface area contributed by atoms with E-state index in [1.807, 2.05) is 0 Å². The number of thiophene rings is 1. The first-order valence-electron chi connectivity index (χ1n) is 4.07. The molecule has 1 aromatic rings. The molecule has 9 heteroatoms. The molecule has 0 unspecified atom stereocenters. The van der Waals surface area contributed by atoms with Crippen molar-refractivity contribution in [3.8, 4) is 12.1 Å². The van der Waals surface area contributed by atoms with Crippen LogP contribution in [-0.4, -0.2) is 12.5 Å². The average Bonchev–Trinajstić information content (AvgIpc) is 2.65. The average molecular weight is 280 g/mol. The molecule has 1 aromatic heterocycles. The summed E-state index contributed by atoms with van der Waals surface area (Å²) in [5, 5.41) is 17.1. The predicted molar refractivity (Wildman–Crippen MR) is 49.1 cm³/mol. The van der Waals surface area contributed by atoms with E-state index in [4.69, 9.17) is 10.5 Å². The number of aldehydes is 1. The summed E-state index contributed by atoms with van der Waals surface area (Å²) in [4.78, 5) is 8.85. The molecule has 0 aromatic carbocycles. The van der Waals surface area contributed by atoms with Crippen molar-refractivity contribution in [3.63, 3.8) is 0 Å². The topological polar surface area (TPSA) is 64.7 Å². The van der Waals surface area contributed by atoms with Gasteiger partial charge in [-0.2, -0.15) is 32.5 Å². The van der Waals surface area contributed by atoms with E-state index >= 15 is 0 Å². The summed E-state index contributed by atoms with van der Waals surface area (Å²) in [6, 6.07) is 2.40.